The van der Waals surface area contributed by atoms with Gasteiger partial charge < -0.3 is 4.90 Å². The molecular formula is C11H11ClN2OS. The summed E-state index contributed by atoms with van der Waals surface area (Å²) >= 11 is 11.3. The average molecular weight is 255 g/mol. The molecule has 0 atom stereocenters. The first-order chi connectivity index (χ1) is 7.52. The standard InChI is InChI=1S/C11H11ClN2OS/c1-7-4-3-5-8(12)10(7)14-9(15)6-13(2)11(14)16/h3-5H,6H2,1-2H3. The molecule has 0 radical (unpaired) electrons. The van der Waals surface area contributed by atoms with Crippen molar-refractivity contribution < 1.29 is 4.79 Å². The summed E-state index contributed by atoms with van der Waals surface area (Å²) in [4.78, 5) is 15.1. The number of halogens is 1. The van der Waals surface area contributed by atoms with Crippen LogP contribution in [0.4, 0.5) is 5.69 Å². The number of anilines is 1. The second-order valence-corrected chi connectivity index (χ2v) is 4.55. The second kappa shape index (κ2) is 4.03. The van der Waals surface area contributed by atoms with Gasteiger partial charge in [0.2, 0.25) is 0 Å². The summed E-state index contributed by atoms with van der Waals surface area (Å²) in [5, 5.41) is 1.05. The minimum atomic E-state index is -0.0382. The number of benzene rings is 1. The minimum Gasteiger partial charge on any atom is -0.342 e. The first-order valence-corrected chi connectivity index (χ1v) is 5.64. The predicted octanol–water partition coefficient (Wildman–Crippen LogP) is 2.21. The van der Waals surface area contributed by atoms with Crippen molar-refractivity contribution in [1.82, 2.24) is 4.90 Å². The lowest BCUT2D eigenvalue weighted by Gasteiger charge is -2.20. The number of carbonyl (C=O) groups is 1. The molecule has 2 rings (SSSR count). The van der Waals surface area contributed by atoms with Crippen LogP contribution in [0.5, 0.6) is 0 Å². The summed E-state index contributed by atoms with van der Waals surface area (Å²) in [6, 6.07) is 5.53. The maximum Gasteiger partial charge on any atom is 0.252 e. The topological polar surface area (TPSA) is 23.6 Å². The van der Waals surface area contributed by atoms with Crippen LogP contribution in [0.1, 0.15) is 5.56 Å². The number of amides is 1. The van der Waals surface area contributed by atoms with Gasteiger partial charge in [-0.05, 0) is 30.8 Å². The Bertz CT molecular complexity index is 455. The van der Waals surface area contributed by atoms with Gasteiger partial charge in [-0.2, -0.15) is 0 Å². The van der Waals surface area contributed by atoms with Crippen LogP contribution < -0.4 is 4.90 Å². The van der Waals surface area contributed by atoms with Gasteiger partial charge in [-0.15, -0.1) is 0 Å². The highest BCUT2D eigenvalue weighted by atomic mass is 35.5. The molecule has 0 aliphatic carbocycles. The molecule has 1 aliphatic heterocycles. The summed E-state index contributed by atoms with van der Waals surface area (Å²) in [6.07, 6.45) is 0. The van der Waals surface area contributed by atoms with E-state index in [0.717, 1.165) is 5.56 Å². The van der Waals surface area contributed by atoms with E-state index >= 15 is 0 Å². The largest absolute Gasteiger partial charge is 0.342 e. The van der Waals surface area contributed by atoms with Gasteiger partial charge in [0.25, 0.3) is 5.91 Å². The summed E-state index contributed by atoms with van der Waals surface area (Å²) in [6.45, 7) is 2.22. The van der Waals surface area contributed by atoms with E-state index in [4.69, 9.17) is 23.8 Å². The van der Waals surface area contributed by atoms with E-state index in [-0.39, 0.29) is 5.91 Å². The third-order valence-corrected chi connectivity index (χ3v) is 3.35. The molecule has 0 aromatic heterocycles. The molecule has 3 nitrogen and oxygen atoms in total. The number of hydrogen-bond acceptors (Lipinski definition) is 2. The van der Waals surface area contributed by atoms with Gasteiger partial charge in [0.05, 0.1) is 17.3 Å². The number of nitrogens with zero attached hydrogens (tertiary/aromatic N) is 2. The van der Waals surface area contributed by atoms with Crippen molar-refractivity contribution in [2.45, 2.75) is 6.92 Å². The summed E-state index contributed by atoms with van der Waals surface area (Å²) in [5.41, 5.74) is 1.64. The van der Waals surface area contributed by atoms with E-state index < -0.39 is 0 Å². The van der Waals surface area contributed by atoms with E-state index in [2.05, 4.69) is 0 Å². The van der Waals surface area contributed by atoms with Crippen molar-refractivity contribution >= 4 is 40.5 Å². The highest BCUT2D eigenvalue weighted by Gasteiger charge is 2.33. The van der Waals surface area contributed by atoms with Gasteiger partial charge in [0.1, 0.15) is 0 Å². The Morgan fingerprint density at radius 2 is 2.12 bits per heavy atom. The van der Waals surface area contributed by atoms with Gasteiger partial charge >= 0.3 is 0 Å². The minimum absolute atomic E-state index is 0.0382. The molecule has 0 bridgehead atoms. The Morgan fingerprint density at radius 3 is 2.62 bits per heavy atom. The maximum absolute atomic E-state index is 11.8. The normalized spacial score (nSPS) is 16.2. The lowest BCUT2D eigenvalue weighted by Crippen LogP contribution is -2.32. The Balaban J connectivity index is 2.53. The van der Waals surface area contributed by atoms with E-state index in [1.165, 1.54) is 4.90 Å². The maximum atomic E-state index is 11.8. The molecule has 1 amide bonds. The molecule has 1 aliphatic rings. The van der Waals surface area contributed by atoms with Gasteiger partial charge in [-0.3, -0.25) is 9.69 Å². The molecule has 0 spiro atoms. The van der Waals surface area contributed by atoms with Gasteiger partial charge in [-0.25, -0.2) is 0 Å². The predicted molar refractivity (Wildman–Crippen MR) is 68.9 cm³/mol. The molecule has 1 aromatic rings. The molecule has 0 saturated carbocycles. The van der Waals surface area contributed by atoms with Crippen LogP contribution in [0.2, 0.25) is 5.02 Å². The number of carbonyl (C=O) groups excluding carboxylic acids is 1. The second-order valence-electron chi connectivity index (χ2n) is 3.77. The SMILES string of the molecule is Cc1cccc(Cl)c1N1C(=O)CN(C)C1=S. The van der Waals surface area contributed by atoms with E-state index in [1.807, 2.05) is 19.1 Å². The molecule has 1 fully saturated rings. The summed E-state index contributed by atoms with van der Waals surface area (Å²) in [7, 11) is 1.80. The van der Waals surface area contributed by atoms with E-state index in [9.17, 15) is 4.79 Å². The van der Waals surface area contributed by atoms with Gasteiger partial charge in [0.15, 0.2) is 5.11 Å². The molecular weight excluding hydrogens is 244 g/mol. The number of hydrogen-bond donors (Lipinski definition) is 0. The fourth-order valence-electron chi connectivity index (χ4n) is 1.75. The van der Waals surface area contributed by atoms with Crippen molar-refractivity contribution in [1.29, 1.82) is 0 Å². The number of likely N-dealkylation sites (N-methyl/N-ethyl adjacent to an activating group) is 1. The first-order valence-electron chi connectivity index (χ1n) is 4.85. The summed E-state index contributed by atoms with van der Waals surface area (Å²) < 4.78 is 0. The van der Waals surface area contributed by atoms with Crippen LogP contribution in [0.25, 0.3) is 0 Å². The third kappa shape index (κ3) is 1.68. The number of aryl methyl sites for hydroxylation is 1. The van der Waals surface area contributed by atoms with Crippen molar-refractivity contribution in [3.63, 3.8) is 0 Å². The summed E-state index contributed by atoms with van der Waals surface area (Å²) in [5.74, 6) is -0.0382. The number of rotatable bonds is 1. The Hall–Kier alpha value is -1.13. The zero-order chi connectivity index (χ0) is 11.9. The van der Waals surface area contributed by atoms with E-state index in [0.29, 0.717) is 22.4 Å². The molecule has 16 heavy (non-hydrogen) atoms. The highest BCUT2D eigenvalue weighted by molar-refractivity contribution is 7.80. The third-order valence-electron chi connectivity index (χ3n) is 2.55. The smallest absolute Gasteiger partial charge is 0.252 e. The van der Waals surface area contributed by atoms with Crippen LogP contribution in [0.15, 0.2) is 18.2 Å². The quantitative estimate of drug-likeness (QED) is 0.718. The number of thiocarbonyl (C=S) groups is 1. The van der Waals surface area contributed by atoms with E-state index in [1.54, 1.807) is 18.0 Å². The lowest BCUT2D eigenvalue weighted by atomic mass is 10.2. The van der Waals surface area contributed by atoms with Crippen molar-refractivity contribution in [2.24, 2.45) is 0 Å². The molecule has 1 saturated heterocycles. The van der Waals surface area contributed by atoms with Crippen LogP contribution in [-0.4, -0.2) is 29.5 Å². The Morgan fingerprint density at radius 1 is 1.44 bits per heavy atom. The lowest BCUT2D eigenvalue weighted by molar-refractivity contribution is -0.116. The fourth-order valence-corrected chi connectivity index (χ4v) is 2.31. The molecule has 1 aromatic carbocycles. The fraction of sp³-hybridized carbons (Fsp3) is 0.273. The zero-order valence-electron chi connectivity index (χ0n) is 9.03. The van der Waals surface area contributed by atoms with Gasteiger partial charge in [0, 0.05) is 7.05 Å². The monoisotopic (exact) mass is 254 g/mol. The first kappa shape index (κ1) is 11.4. The molecule has 84 valence electrons. The van der Waals surface area contributed by atoms with Crippen molar-refractivity contribution in [2.75, 3.05) is 18.5 Å². The van der Waals surface area contributed by atoms with Crippen LogP contribution >= 0.6 is 23.8 Å². The van der Waals surface area contributed by atoms with Crippen molar-refractivity contribution in [3.05, 3.63) is 28.8 Å². The highest BCUT2D eigenvalue weighted by Crippen LogP contribution is 2.32. The van der Waals surface area contributed by atoms with Crippen molar-refractivity contribution in [3.8, 4) is 0 Å². The molecule has 5 heteroatoms. The van der Waals surface area contributed by atoms with Crippen LogP contribution in [0, 0.1) is 6.92 Å². The van der Waals surface area contributed by atoms with Gasteiger partial charge in [-0.1, -0.05) is 23.7 Å². The molecule has 0 N–H and O–H groups in total. The number of para-hydroxylation sites is 1. The molecule has 0 unspecified atom stereocenters. The van der Waals surface area contributed by atoms with Crippen LogP contribution in [-0.2, 0) is 4.79 Å². The van der Waals surface area contributed by atoms with Crippen LogP contribution in [0.3, 0.4) is 0 Å². The average Bonchev–Trinajstić information content (AvgIpc) is 2.44. The Kier molecular flexibility index (Phi) is 2.86. The Labute approximate surface area is 105 Å². The zero-order valence-corrected chi connectivity index (χ0v) is 10.6. The molecule has 1 heterocycles.